The van der Waals surface area contributed by atoms with Gasteiger partial charge in [0.15, 0.2) is 5.78 Å². The zero-order chi connectivity index (χ0) is 14.7. The minimum Gasteiger partial charge on any atom is -0.340 e. The Morgan fingerprint density at radius 3 is 2.75 bits per heavy atom. The minimum absolute atomic E-state index is 0.110. The Morgan fingerprint density at radius 2 is 2.10 bits per heavy atom. The summed E-state index contributed by atoms with van der Waals surface area (Å²) in [5, 5.41) is 11.1. The van der Waals surface area contributed by atoms with Gasteiger partial charge in [0, 0.05) is 22.8 Å². The Labute approximate surface area is 118 Å². The molecule has 0 bridgehead atoms. The number of hydrogen-bond acceptors (Lipinski definition) is 4. The van der Waals surface area contributed by atoms with Crippen LogP contribution in [-0.2, 0) is 6.54 Å². The van der Waals surface area contributed by atoms with Crippen molar-refractivity contribution in [2.24, 2.45) is 0 Å². The molecule has 0 aliphatic carbocycles. The van der Waals surface area contributed by atoms with Gasteiger partial charge in [-0.2, -0.15) is 0 Å². The first-order chi connectivity index (χ1) is 9.47. The van der Waals surface area contributed by atoms with Crippen LogP contribution in [0.15, 0.2) is 47.5 Å². The molecule has 1 heterocycles. The Kier molecular flexibility index (Phi) is 3.95. The highest BCUT2D eigenvalue weighted by atomic mass is 35.5. The van der Waals surface area contributed by atoms with Crippen LogP contribution in [-0.4, -0.2) is 15.3 Å². The first kappa shape index (κ1) is 14.0. The van der Waals surface area contributed by atoms with Crippen molar-refractivity contribution >= 4 is 23.1 Å². The molecule has 0 atom stereocenters. The topological polar surface area (TPSA) is 82.2 Å². The zero-order valence-electron chi connectivity index (χ0n) is 10.2. The summed E-state index contributed by atoms with van der Waals surface area (Å²) in [7, 11) is 0. The van der Waals surface area contributed by atoms with Gasteiger partial charge in [0.05, 0.1) is 17.7 Å². The fraction of sp³-hybridized carbons (Fsp3) is 0.0769. The van der Waals surface area contributed by atoms with Crippen molar-refractivity contribution < 1.29 is 9.72 Å². The summed E-state index contributed by atoms with van der Waals surface area (Å²) >= 11 is 5.79. The van der Waals surface area contributed by atoms with Crippen LogP contribution >= 0.6 is 11.6 Å². The molecular formula is C13H9ClN2O4. The van der Waals surface area contributed by atoms with E-state index in [4.69, 9.17) is 11.6 Å². The van der Waals surface area contributed by atoms with Crippen LogP contribution < -0.4 is 5.43 Å². The van der Waals surface area contributed by atoms with E-state index < -0.39 is 16.0 Å². The number of carbonyl (C=O) groups is 1. The Hall–Kier alpha value is -2.47. The van der Waals surface area contributed by atoms with E-state index in [9.17, 15) is 19.7 Å². The van der Waals surface area contributed by atoms with Crippen LogP contribution in [0.1, 0.15) is 10.4 Å². The lowest BCUT2D eigenvalue weighted by molar-refractivity contribution is -0.386. The van der Waals surface area contributed by atoms with Gasteiger partial charge in [-0.25, -0.2) is 0 Å². The van der Waals surface area contributed by atoms with Crippen LogP contribution in [0.4, 0.5) is 5.69 Å². The SMILES string of the molecule is O=C(Cn1ccc(=O)c([N+](=O)[O-])c1)c1cccc(Cl)c1. The summed E-state index contributed by atoms with van der Waals surface area (Å²) in [5.41, 5.74) is -0.855. The van der Waals surface area contributed by atoms with E-state index in [0.29, 0.717) is 10.6 Å². The molecule has 20 heavy (non-hydrogen) atoms. The summed E-state index contributed by atoms with van der Waals surface area (Å²) in [6, 6.07) is 7.46. The molecule has 0 N–H and O–H groups in total. The molecule has 7 heteroatoms. The molecule has 2 rings (SSSR count). The predicted octanol–water partition coefficient (Wildman–Crippen LogP) is 2.29. The number of nitrogens with zero attached hydrogens (tertiary/aromatic N) is 2. The van der Waals surface area contributed by atoms with Gasteiger partial charge < -0.3 is 4.57 Å². The normalized spacial score (nSPS) is 10.2. The number of pyridine rings is 1. The van der Waals surface area contributed by atoms with Crippen LogP contribution in [0.2, 0.25) is 5.02 Å². The van der Waals surface area contributed by atoms with E-state index >= 15 is 0 Å². The highest BCUT2D eigenvalue weighted by Crippen LogP contribution is 2.12. The maximum atomic E-state index is 12.0. The molecule has 102 valence electrons. The first-order valence-corrected chi connectivity index (χ1v) is 5.98. The van der Waals surface area contributed by atoms with Crippen molar-refractivity contribution in [2.75, 3.05) is 0 Å². The molecule has 0 saturated carbocycles. The van der Waals surface area contributed by atoms with Gasteiger partial charge in [0.2, 0.25) is 0 Å². The molecule has 0 radical (unpaired) electrons. The maximum absolute atomic E-state index is 12.0. The van der Waals surface area contributed by atoms with Crippen LogP contribution in [0, 0.1) is 10.1 Å². The summed E-state index contributed by atoms with van der Waals surface area (Å²) in [4.78, 5) is 33.2. The number of hydrogen-bond donors (Lipinski definition) is 0. The second-order valence-electron chi connectivity index (χ2n) is 4.06. The molecule has 0 unspecified atom stereocenters. The summed E-state index contributed by atoms with van der Waals surface area (Å²) in [5.74, 6) is -0.259. The number of aromatic nitrogens is 1. The van der Waals surface area contributed by atoms with Crippen LogP contribution in [0.3, 0.4) is 0 Å². The fourth-order valence-electron chi connectivity index (χ4n) is 1.67. The number of ketones is 1. The van der Waals surface area contributed by atoms with Crippen LogP contribution in [0.5, 0.6) is 0 Å². The van der Waals surface area contributed by atoms with Gasteiger partial charge in [0.25, 0.3) is 5.43 Å². The number of carbonyl (C=O) groups excluding carboxylic acids is 1. The van der Waals surface area contributed by atoms with Gasteiger partial charge >= 0.3 is 5.69 Å². The lowest BCUT2D eigenvalue weighted by Crippen LogP contribution is -2.15. The van der Waals surface area contributed by atoms with E-state index in [1.165, 1.54) is 16.8 Å². The fourth-order valence-corrected chi connectivity index (χ4v) is 1.86. The molecule has 1 aromatic carbocycles. The van der Waals surface area contributed by atoms with Crippen molar-refractivity contribution in [3.05, 3.63) is 73.6 Å². The molecule has 2 aromatic rings. The molecule has 0 spiro atoms. The largest absolute Gasteiger partial charge is 0.340 e. The van der Waals surface area contributed by atoms with E-state index in [2.05, 4.69) is 0 Å². The third kappa shape index (κ3) is 3.10. The molecule has 0 aliphatic heterocycles. The highest BCUT2D eigenvalue weighted by molar-refractivity contribution is 6.31. The average molecular weight is 293 g/mol. The third-order valence-corrected chi connectivity index (χ3v) is 2.86. The number of Topliss-reactive ketones (excluding diaryl/α,β-unsaturated/α-hetero) is 1. The number of nitro groups is 1. The number of benzene rings is 1. The Morgan fingerprint density at radius 1 is 1.35 bits per heavy atom. The van der Waals surface area contributed by atoms with Gasteiger partial charge in [-0.1, -0.05) is 23.7 Å². The molecule has 1 aromatic heterocycles. The second-order valence-corrected chi connectivity index (χ2v) is 4.49. The van der Waals surface area contributed by atoms with E-state index in [1.807, 2.05) is 0 Å². The second kappa shape index (κ2) is 5.66. The lowest BCUT2D eigenvalue weighted by atomic mass is 10.1. The van der Waals surface area contributed by atoms with Gasteiger partial charge in [-0.15, -0.1) is 0 Å². The molecule has 0 amide bonds. The Balaban J connectivity index is 2.26. The van der Waals surface area contributed by atoms with Crippen molar-refractivity contribution in [3.8, 4) is 0 Å². The predicted molar refractivity (Wildman–Crippen MR) is 73.1 cm³/mol. The smallest absolute Gasteiger partial charge is 0.332 e. The summed E-state index contributed by atoms with van der Waals surface area (Å²) < 4.78 is 1.29. The van der Waals surface area contributed by atoms with E-state index in [0.717, 1.165) is 12.3 Å². The first-order valence-electron chi connectivity index (χ1n) is 5.60. The van der Waals surface area contributed by atoms with Crippen LogP contribution in [0.25, 0.3) is 0 Å². The quantitative estimate of drug-likeness (QED) is 0.492. The van der Waals surface area contributed by atoms with Crippen molar-refractivity contribution in [2.45, 2.75) is 6.54 Å². The summed E-state index contributed by atoms with van der Waals surface area (Å²) in [6.45, 7) is -0.110. The monoisotopic (exact) mass is 292 g/mol. The van der Waals surface area contributed by atoms with Crippen molar-refractivity contribution in [1.82, 2.24) is 4.57 Å². The van der Waals surface area contributed by atoms with E-state index in [1.54, 1.807) is 18.2 Å². The summed E-state index contributed by atoms with van der Waals surface area (Å²) in [6.07, 6.45) is 2.38. The molecule has 0 aliphatic rings. The molecular weight excluding hydrogens is 284 g/mol. The molecule has 0 fully saturated rings. The maximum Gasteiger partial charge on any atom is 0.332 e. The molecule has 6 nitrogen and oxygen atoms in total. The number of rotatable bonds is 4. The van der Waals surface area contributed by atoms with Crippen molar-refractivity contribution in [1.29, 1.82) is 0 Å². The average Bonchev–Trinajstić information content (AvgIpc) is 2.40. The highest BCUT2D eigenvalue weighted by Gasteiger charge is 2.13. The van der Waals surface area contributed by atoms with Gasteiger partial charge in [-0.05, 0) is 12.1 Å². The zero-order valence-corrected chi connectivity index (χ0v) is 10.9. The van der Waals surface area contributed by atoms with Gasteiger partial charge in [0.1, 0.15) is 0 Å². The Bertz CT molecular complexity index is 739. The molecule has 0 saturated heterocycles. The minimum atomic E-state index is -0.775. The third-order valence-electron chi connectivity index (χ3n) is 2.63. The number of halogens is 1. The standard InChI is InChI=1S/C13H9ClN2O4/c14-10-3-1-2-9(6-10)13(18)8-15-5-4-12(17)11(7-15)16(19)20/h1-7H,8H2. The van der Waals surface area contributed by atoms with Crippen molar-refractivity contribution in [3.63, 3.8) is 0 Å². The van der Waals surface area contributed by atoms with Gasteiger partial charge in [-0.3, -0.25) is 19.7 Å². The van der Waals surface area contributed by atoms with E-state index in [-0.39, 0.29) is 12.3 Å². The lowest BCUT2D eigenvalue weighted by Gasteiger charge is -2.05.